The van der Waals surface area contributed by atoms with Crippen molar-refractivity contribution in [3.8, 4) is 11.8 Å². The van der Waals surface area contributed by atoms with Crippen molar-refractivity contribution >= 4 is 23.6 Å². The SMILES string of the molecule is COc1ccc([C@H]2CC(=O)NC(SCC(=O)NC[C@@H]3CCCO3)=C2C#N)cc1. The Labute approximate surface area is 168 Å². The number of nitrogens with zero attached hydrogens (tertiary/aromatic N) is 1. The molecule has 2 atom stereocenters. The molecular formula is C20H23N3O4S. The highest BCUT2D eigenvalue weighted by Gasteiger charge is 2.30. The molecule has 0 radical (unpaired) electrons. The fraction of sp³-hybridized carbons (Fsp3) is 0.450. The zero-order chi connectivity index (χ0) is 19.9. The van der Waals surface area contributed by atoms with Gasteiger partial charge in [-0.25, -0.2) is 0 Å². The van der Waals surface area contributed by atoms with Gasteiger partial charge in [0.25, 0.3) is 0 Å². The van der Waals surface area contributed by atoms with Gasteiger partial charge in [-0.2, -0.15) is 5.26 Å². The molecule has 28 heavy (non-hydrogen) atoms. The van der Waals surface area contributed by atoms with Gasteiger partial charge in [-0.05, 0) is 30.5 Å². The number of nitrogens with one attached hydrogen (secondary N) is 2. The second-order valence-corrected chi connectivity index (χ2v) is 7.65. The number of amides is 2. The van der Waals surface area contributed by atoms with E-state index in [0.717, 1.165) is 25.0 Å². The lowest BCUT2D eigenvalue weighted by atomic mass is 9.87. The maximum atomic E-state index is 12.2. The molecule has 2 aliphatic heterocycles. The molecule has 0 spiro atoms. The molecule has 7 nitrogen and oxygen atoms in total. The van der Waals surface area contributed by atoms with E-state index in [1.165, 1.54) is 11.8 Å². The van der Waals surface area contributed by atoms with Gasteiger partial charge >= 0.3 is 0 Å². The molecule has 1 saturated heterocycles. The number of carbonyl (C=O) groups is 2. The summed E-state index contributed by atoms with van der Waals surface area (Å²) < 4.78 is 10.6. The van der Waals surface area contributed by atoms with Gasteiger partial charge in [-0.1, -0.05) is 23.9 Å². The normalized spacial score (nSPS) is 21.8. The summed E-state index contributed by atoms with van der Waals surface area (Å²) in [6, 6.07) is 9.54. The molecule has 8 heteroatoms. The quantitative estimate of drug-likeness (QED) is 0.725. The zero-order valence-corrected chi connectivity index (χ0v) is 16.5. The number of hydrogen-bond acceptors (Lipinski definition) is 6. The molecular weight excluding hydrogens is 378 g/mol. The van der Waals surface area contributed by atoms with E-state index in [2.05, 4.69) is 16.7 Å². The Balaban J connectivity index is 1.66. The molecule has 148 valence electrons. The van der Waals surface area contributed by atoms with Crippen molar-refractivity contribution in [1.82, 2.24) is 10.6 Å². The minimum Gasteiger partial charge on any atom is -0.497 e. The van der Waals surface area contributed by atoms with Crippen molar-refractivity contribution in [2.45, 2.75) is 31.3 Å². The van der Waals surface area contributed by atoms with Gasteiger partial charge in [0.05, 0.1) is 35.6 Å². The van der Waals surface area contributed by atoms with Crippen LogP contribution in [0.1, 0.15) is 30.7 Å². The number of ether oxygens (including phenoxy) is 2. The minimum absolute atomic E-state index is 0.0803. The Kier molecular flexibility index (Phi) is 6.95. The first-order chi connectivity index (χ1) is 13.6. The number of carbonyl (C=O) groups excluding carboxylic acids is 2. The average molecular weight is 401 g/mol. The standard InChI is InChI=1S/C20H23N3O4S/c1-26-14-6-4-13(5-7-14)16-9-18(24)23-20(17(16)10-21)28-12-19(25)22-11-15-3-2-8-27-15/h4-7,15-16H,2-3,8-9,11-12H2,1H3,(H,22,25)(H,23,24)/t15-,16+/m0/s1. The van der Waals surface area contributed by atoms with E-state index in [9.17, 15) is 14.9 Å². The van der Waals surface area contributed by atoms with Gasteiger partial charge < -0.3 is 20.1 Å². The smallest absolute Gasteiger partial charge is 0.230 e. The van der Waals surface area contributed by atoms with Crippen LogP contribution >= 0.6 is 11.8 Å². The van der Waals surface area contributed by atoms with E-state index in [1.54, 1.807) is 7.11 Å². The molecule has 0 aliphatic carbocycles. The molecule has 0 unspecified atom stereocenters. The Morgan fingerprint density at radius 2 is 2.21 bits per heavy atom. The van der Waals surface area contributed by atoms with Crippen molar-refractivity contribution in [2.75, 3.05) is 26.0 Å². The van der Waals surface area contributed by atoms with Gasteiger partial charge in [-0.15, -0.1) is 0 Å². The summed E-state index contributed by atoms with van der Waals surface area (Å²) in [5, 5.41) is 15.7. The molecule has 1 aromatic rings. The van der Waals surface area contributed by atoms with Crippen molar-refractivity contribution in [3.63, 3.8) is 0 Å². The highest BCUT2D eigenvalue weighted by Crippen LogP contribution is 2.36. The molecule has 3 rings (SSSR count). The van der Waals surface area contributed by atoms with Crippen LogP contribution in [0, 0.1) is 11.3 Å². The summed E-state index contributed by atoms with van der Waals surface area (Å²) in [4.78, 5) is 24.3. The van der Waals surface area contributed by atoms with Crippen molar-refractivity contribution in [1.29, 1.82) is 5.26 Å². The van der Waals surface area contributed by atoms with Gasteiger partial charge in [-0.3, -0.25) is 9.59 Å². The summed E-state index contributed by atoms with van der Waals surface area (Å²) in [7, 11) is 1.59. The minimum atomic E-state index is -0.331. The van der Waals surface area contributed by atoms with Gasteiger partial charge in [0.1, 0.15) is 5.75 Å². The zero-order valence-electron chi connectivity index (χ0n) is 15.7. The molecule has 2 amide bonds. The summed E-state index contributed by atoms with van der Waals surface area (Å²) in [5.41, 5.74) is 1.34. The van der Waals surface area contributed by atoms with E-state index >= 15 is 0 Å². The first-order valence-electron chi connectivity index (χ1n) is 9.20. The highest BCUT2D eigenvalue weighted by atomic mass is 32.2. The third-order valence-corrected chi connectivity index (χ3v) is 5.79. The predicted octanol–water partition coefficient (Wildman–Crippen LogP) is 2.06. The maximum Gasteiger partial charge on any atom is 0.230 e. The lowest BCUT2D eigenvalue weighted by molar-refractivity contribution is -0.121. The van der Waals surface area contributed by atoms with Crippen LogP contribution in [-0.4, -0.2) is 43.9 Å². The molecule has 1 aromatic carbocycles. The number of benzene rings is 1. The van der Waals surface area contributed by atoms with Crippen LogP contribution in [-0.2, 0) is 14.3 Å². The Morgan fingerprint density at radius 1 is 1.43 bits per heavy atom. The fourth-order valence-corrected chi connectivity index (χ4v) is 4.18. The first-order valence-corrected chi connectivity index (χ1v) is 10.2. The van der Waals surface area contributed by atoms with Crippen molar-refractivity contribution < 1.29 is 19.1 Å². The number of nitriles is 1. The van der Waals surface area contributed by atoms with E-state index < -0.39 is 0 Å². The summed E-state index contributed by atoms with van der Waals surface area (Å²) in [6.45, 7) is 1.23. The molecule has 2 N–H and O–H groups in total. The second-order valence-electron chi connectivity index (χ2n) is 6.66. The first kappa shape index (κ1) is 20.2. The number of thioether (sulfide) groups is 1. The van der Waals surface area contributed by atoms with Gasteiger partial charge in [0.2, 0.25) is 11.8 Å². The van der Waals surface area contributed by atoms with Gasteiger partial charge in [0, 0.05) is 25.5 Å². The van der Waals surface area contributed by atoms with Crippen LogP contribution in [0.2, 0.25) is 0 Å². The summed E-state index contributed by atoms with van der Waals surface area (Å²) in [6.07, 6.45) is 2.25. The third-order valence-electron chi connectivity index (χ3n) is 4.77. The molecule has 2 aliphatic rings. The molecule has 0 aromatic heterocycles. The third kappa shape index (κ3) is 5.06. The topological polar surface area (TPSA) is 100 Å². The molecule has 0 bridgehead atoms. The molecule has 2 heterocycles. The predicted molar refractivity (Wildman–Crippen MR) is 106 cm³/mol. The maximum absolute atomic E-state index is 12.2. The van der Waals surface area contributed by atoms with Crippen LogP contribution in [0.3, 0.4) is 0 Å². The highest BCUT2D eigenvalue weighted by molar-refractivity contribution is 8.03. The van der Waals surface area contributed by atoms with E-state index in [0.29, 0.717) is 22.9 Å². The van der Waals surface area contributed by atoms with E-state index in [4.69, 9.17) is 9.47 Å². The number of methoxy groups -OCH3 is 1. The average Bonchev–Trinajstić information content (AvgIpc) is 3.24. The molecule has 1 fully saturated rings. The largest absolute Gasteiger partial charge is 0.497 e. The second kappa shape index (κ2) is 9.62. The van der Waals surface area contributed by atoms with Crippen LogP contribution in [0.5, 0.6) is 5.75 Å². The number of hydrogen-bond donors (Lipinski definition) is 2. The summed E-state index contributed by atoms with van der Waals surface area (Å²) in [5.74, 6) is 0.197. The van der Waals surface area contributed by atoms with Crippen LogP contribution < -0.4 is 15.4 Å². The van der Waals surface area contributed by atoms with E-state index in [1.807, 2.05) is 24.3 Å². The summed E-state index contributed by atoms with van der Waals surface area (Å²) >= 11 is 1.18. The lowest BCUT2D eigenvalue weighted by Crippen LogP contribution is -2.34. The van der Waals surface area contributed by atoms with E-state index in [-0.39, 0.29) is 36.0 Å². The van der Waals surface area contributed by atoms with Crippen LogP contribution in [0.4, 0.5) is 0 Å². The van der Waals surface area contributed by atoms with Crippen molar-refractivity contribution in [3.05, 3.63) is 40.4 Å². The van der Waals surface area contributed by atoms with Crippen LogP contribution in [0.15, 0.2) is 34.9 Å². The Hall–Kier alpha value is -2.50. The Morgan fingerprint density at radius 3 is 2.86 bits per heavy atom. The van der Waals surface area contributed by atoms with Gasteiger partial charge in [0.15, 0.2) is 0 Å². The number of allylic oxidation sites excluding steroid dienone is 1. The monoisotopic (exact) mass is 401 g/mol. The molecule has 0 saturated carbocycles. The number of rotatable bonds is 7. The van der Waals surface area contributed by atoms with Crippen molar-refractivity contribution in [2.24, 2.45) is 0 Å². The van der Waals surface area contributed by atoms with Crippen LogP contribution in [0.25, 0.3) is 0 Å². The lowest BCUT2D eigenvalue weighted by Gasteiger charge is -2.25. The fourth-order valence-electron chi connectivity index (χ4n) is 3.28. The Bertz CT molecular complexity index is 795.